The van der Waals surface area contributed by atoms with Crippen LogP contribution in [0.15, 0.2) is 0 Å². The minimum Gasteiger partial charge on any atom is -0.299 e. The van der Waals surface area contributed by atoms with Gasteiger partial charge < -0.3 is 0 Å². The van der Waals surface area contributed by atoms with Crippen molar-refractivity contribution < 1.29 is 0 Å². The average Bonchev–Trinajstić information content (AvgIpc) is 2.04. The fourth-order valence-corrected chi connectivity index (χ4v) is 2.73. The van der Waals surface area contributed by atoms with Gasteiger partial charge in [0.05, 0.1) is 0 Å². The minimum atomic E-state index is 0.865. The zero-order valence-corrected chi connectivity index (χ0v) is 7.78. The lowest BCUT2D eigenvalue weighted by atomic mass is 10.2. The fourth-order valence-electron chi connectivity index (χ4n) is 1.48. The Hall–Kier alpha value is 0.310. The van der Waals surface area contributed by atoms with E-state index in [1.807, 2.05) is 0 Å². The summed E-state index contributed by atoms with van der Waals surface area (Å²) in [5.41, 5.74) is 0. The molecule has 0 aromatic carbocycles. The largest absolute Gasteiger partial charge is 0.299 e. The highest BCUT2D eigenvalue weighted by molar-refractivity contribution is 7.99. The number of thioether (sulfide) groups is 1. The highest BCUT2D eigenvalue weighted by atomic mass is 32.2. The highest BCUT2D eigenvalue weighted by Gasteiger charge is 2.18. The Bertz CT molecular complexity index is 83.3. The second-order valence-corrected chi connectivity index (χ2v) is 3.92. The van der Waals surface area contributed by atoms with Crippen molar-refractivity contribution in [1.29, 1.82) is 0 Å². The summed E-state index contributed by atoms with van der Waals surface area (Å²) in [6.07, 6.45) is 1.32. The average molecular weight is 159 g/mol. The van der Waals surface area contributed by atoms with Gasteiger partial charge in [-0.15, -0.1) is 0 Å². The van der Waals surface area contributed by atoms with E-state index < -0.39 is 0 Å². The normalized spacial score (nSPS) is 28.8. The smallest absolute Gasteiger partial charge is 0.0183 e. The van der Waals surface area contributed by atoms with Crippen molar-refractivity contribution in [3.05, 3.63) is 0 Å². The number of rotatable bonds is 2. The molecule has 0 aromatic heterocycles. The molecule has 2 heteroatoms. The zero-order valence-electron chi connectivity index (χ0n) is 6.97. The van der Waals surface area contributed by atoms with Crippen molar-refractivity contribution in [2.75, 3.05) is 24.6 Å². The fraction of sp³-hybridized carbons (Fsp3) is 1.00. The van der Waals surface area contributed by atoms with Crippen LogP contribution in [0.5, 0.6) is 0 Å². The molecule has 0 radical (unpaired) electrons. The molecule has 1 rings (SSSR count). The van der Waals surface area contributed by atoms with Crippen LogP contribution in [0.4, 0.5) is 0 Å². The lowest BCUT2D eigenvalue weighted by Gasteiger charge is -2.33. The van der Waals surface area contributed by atoms with Crippen LogP contribution in [0.3, 0.4) is 0 Å². The molecule has 1 aliphatic rings. The maximum Gasteiger partial charge on any atom is 0.0183 e. The summed E-state index contributed by atoms with van der Waals surface area (Å²) in [6, 6.07) is 0.865. The standard InChI is InChI=1S/C8H17NS/c1-3-8-7-10-6-5-9(8)4-2/h8H,3-7H2,1-2H3. The molecular formula is C8H17NS. The molecule has 60 valence electrons. The Morgan fingerprint density at radius 1 is 1.50 bits per heavy atom. The van der Waals surface area contributed by atoms with Gasteiger partial charge in [0, 0.05) is 24.1 Å². The summed E-state index contributed by atoms with van der Waals surface area (Å²) in [7, 11) is 0. The van der Waals surface area contributed by atoms with Gasteiger partial charge in [-0.3, -0.25) is 4.90 Å². The molecule has 1 atom stereocenters. The van der Waals surface area contributed by atoms with Crippen LogP contribution in [0.2, 0.25) is 0 Å². The third-order valence-electron chi connectivity index (χ3n) is 2.23. The quantitative estimate of drug-likeness (QED) is 0.605. The number of nitrogens with zero attached hydrogens (tertiary/aromatic N) is 1. The SMILES string of the molecule is CCC1CSCCN1CC. The summed E-state index contributed by atoms with van der Waals surface area (Å²) in [6.45, 7) is 7.09. The Labute approximate surface area is 68.2 Å². The van der Waals surface area contributed by atoms with E-state index in [1.54, 1.807) is 0 Å². The van der Waals surface area contributed by atoms with E-state index >= 15 is 0 Å². The topological polar surface area (TPSA) is 3.24 Å². The van der Waals surface area contributed by atoms with Gasteiger partial charge in [0.2, 0.25) is 0 Å². The third kappa shape index (κ3) is 1.89. The van der Waals surface area contributed by atoms with Crippen LogP contribution in [-0.2, 0) is 0 Å². The van der Waals surface area contributed by atoms with E-state index in [0.29, 0.717) is 0 Å². The maximum absolute atomic E-state index is 2.59. The molecule has 0 spiro atoms. The van der Waals surface area contributed by atoms with Crippen LogP contribution < -0.4 is 0 Å². The zero-order chi connectivity index (χ0) is 7.40. The second-order valence-electron chi connectivity index (χ2n) is 2.77. The lowest BCUT2D eigenvalue weighted by Crippen LogP contribution is -2.41. The summed E-state index contributed by atoms with van der Waals surface area (Å²) < 4.78 is 0. The van der Waals surface area contributed by atoms with E-state index in [4.69, 9.17) is 0 Å². The summed E-state index contributed by atoms with van der Waals surface area (Å²) in [5, 5.41) is 0. The Kier molecular flexibility index (Phi) is 3.57. The van der Waals surface area contributed by atoms with Crippen molar-refractivity contribution in [2.24, 2.45) is 0 Å². The monoisotopic (exact) mass is 159 g/mol. The van der Waals surface area contributed by atoms with Gasteiger partial charge >= 0.3 is 0 Å². The first-order valence-electron chi connectivity index (χ1n) is 4.20. The molecule has 0 aliphatic carbocycles. The number of hydrogen-bond donors (Lipinski definition) is 0. The molecule has 0 aromatic rings. The second kappa shape index (κ2) is 4.24. The molecule has 0 N–H and O–H groups in total. The Balaban J connectivity index is 2.34. The van der Waals surface area contributed by atoms with Crippen LogP contribution in [0.1, 0.15) is 20.3 Å². The Morgan fingerprint density at radius 2 is 2.30 bits per heavy atom. The van der Waals surface area contributed by atoms with Gasteiger partial charge in [0.1, 0.15) is 0 Å². The molecule has 1 nitrogen and oxygen atoms in total. The molecule has 1 aliphatic heterocycles. The van der Waals surface area contributed by atoms with E-state index in [-0.39, 0.29) is 0 Å². The third-order valence-corrected chi connectivity index (χ3v) is 3.32. The molecule has 1 saturated heterocycles. The summed E-state index contributed by atoms with van der Waals surface area (Å²) in [5.74, 6) is 2.69. The van der Waals surface area contributed by atoms with Gasteiger partial charge in [-0.2, -0.15) is 11.8 Å². The van der Waals surface area contributed by atoms with Crippen molar-refractivity contribution in [3.8, 4) is 0 Å². The molecule has 1 fully saturated rings. The van der Waals surface area contributed by atoms with Crippen molar-refractivity contribution in [1.82, 2.24) is 4.90 Å². The van der Waals surface area contributed by atoms with Crippen molar-refractivity contribution >= 4 is 11.8 Å². The predicted molar refractivity (Wildman–Crippen MR) is 48.7 cm³/mol. The molecule has 0 saturated carbocycles. The first-order chi connectivity index (χ1) is 4.88. The summed E-state index contributed by atoms with van der Waals surface area (Å²) in [4.78, 5) is 2.59. The van der Waals surface area contributed by atoms with E-state index in [0.717, 1.165) is 6.04 Å². The van der Waals surface area contributed by atoms with Crippen LogP contribution in [-0.4, -0.2) is 35.5 Å². The first kappa shape index (κ1) is 8.41. The highest BCUT2D eigenvalue weighted by Crippen LogP contribution is 2.17. The van der Waals surface area contributed by atoms with E-state index in [9.17, 15) is 0 Å². The van der Waals surface area contributed by atoms with Crippen molar-refractivity contribution in [2.45, 2.75) is 26.3 Å². The molecule has 1 unspecified atom stereocenters. The minimum absolute atomic E-state index is 0.865. The van der Waals surface area contributed by atoms with E-state index in [2.05, 4.69) is 30.5 Å². The van der Waals surface area contributed by atoms with Gasteiger partial charge in [0.25, 0.3) is 0 Å². The van der Waals surface area contributed by atoms with Gasteiger partial charge in [-0.1, -0.05) is 13.8 Å². The van der Waals surface area contributed by atoms with E-state index in [1.165, 1.54) is 31.0 Å². The van der Waals surface area contributed by atoms with Gasteiger partial charge in [0.15, 0.2) is 0 Å². The van der Waals surface area contributed by atoms with Crippen LogP contribution in [0.25, 0.3) is 0 Å². The molecule has 0 bridgehead atoms. The molecule has 10 heavy (non-hydrogen) atoms. The summed E-state index contributed by atoms with van der Waals surface area (Å²) >= 11 is 2.11. The van der Waals surface area contributed by atoms with Crippen LogP contribution in [0, 0.1) is 0 Å². The lowest BCUT2D eigenvalue weighted by molar-refractivity contribution is 0.225. The maximum atomic E-state index is 2.59. The molecule has 1 heterocycles. The van der Waals surface area contributed by atoms with Crippen molar-refractivity contribution in [3.63, 3.8) is 0 Å². The predicted octanol–water partition coefficient (Wildman–Crippen LogP) is 1.83. The van der Waals surface area contributed by atoms with Gasteiger partial charge in [-0.05, 0) is 13.0 Å². The molecular weight excluding hydrogens is 142 g/mol. The first-order valence-corrected chi connectivity index (χ1v) is 5.35. The molecule has 0 amide bonds. The van der Waals surface area contributed by atoms with Gasteiger partial charge in [-0.25, -0.2) is 0 Å². The van der Waals surface area contributed by atoms with Crippen LogP contribution >= 0.6 is 11.8 Å². The number of hydrogen-bond acceptors (Lipinski definition) is 2. The Morgan fingerprint density at radius 3 is 2.80 bits per heavy atom.